The molecule has 0 bridgehead atoms. The van der Waals surface area contributed by atoms with E-state index in [1.807, 2.05) is 6.07 Å². The smallest absolute Gasteiger partial charge is 0.232 e. The summed E-state index contributed by atoms with van der Waals surface area (Å²) >= 11 is 5.86. The van der Waals surface area contributed by atoms with Crippen LogP contribution in [0.3, 0.4) is 0 Å². The van der Waals surface area contributed by atoms with Crippen LogP contribution in [0, 0.1) is 5.92 Å². The minimum Gasteiger partial charge on any atom is -0.469 e. The fourth-order valence-electron chi connectivity index (χ4n) is 3.67. The van der Waals surface area contributed by atoms with Crippen LogP contribution >= 0.6 is 11.6 Å². The van der Waals surface area contributed by atoms with E-state index in [-0.39, 0.29) is 36.4 Å². The van der Waals surface area contributed by atoms with Crippen molar-refractivity contribution in [1.82, 2.24) is 5.32 Å². The summed E-state index contributed by atoms with van der Waals surface area (Å²) in [4.78, 5) is 37.7. The van der Waals surface area contributed by atoms with Gasteiger partial charge in [0.1, 0.15) is 5.76 Å². The van der Waals surface area contributed by atoms with E-state index in [9.17, 15) is 14.4 Å². The van der Waals surface area contributed by atoms with Crippen LogP contribution in [0.1, 0.15) is 30.9 Å². The van der Waals surface area contributed by atoms with Gasteiger partial charge in [-0.25, -0.2) is 0 Å². The first-order valence-electron chi connectivity index (χ1n) is 8.67. The summed E-state index contributed by atoms with van der Waals surface area (Å²) < 4.78 is 5.41. The predicted molar refractivity (Wildman–Crippen MR) is 99.0 cm³/mol. The maximum absolute atomic E-state index is 12.8. The Bertz CT molecular complexity index is 931. The van der Waals surface area contributed by atoms with E-state index >= 15 is 0 Å². The quantitative estimate of drug-likeness (QED) is 0.848. The van der Waals surface area contributed by atoms with Gasteiger partial charge < -0.3 is 15.1 Å². The second-order valence-corrected chi connectivity index (χ2v) is 7.17. The zero-order valence-electron chi connectivity index (χ0n) is 14.3. The normalized spacial score (nSPS) is 22.3. The molecule has 27 heavy (non-hydrogen) atoms. The van der Waals surface area contributed by atoms with Crippen molar-refractivity contribution in [3.63, 3.8) is 0 Å². The number of amides is 2. The molecule has 1 aliphatic carbocycles. The molecular formula is C20H17ClN2O4. The van der Waals surface area contributed by atoms with E-state index in [0.717, 1.165) is 0 Å². The molecule has 2 heterocycles. The first kappa shape index (κ1) is 17.5. The van der Waals surface area contributed by atoms with E-state index in [1.54, 1.807) is 36.6 Å². The number of carbonyl (C=O) groups is 3. The summed E-state index contributed by atoms with van der Waals surface area (Å²) in [5.74, 6) is -0.993. The SMILES string of the molecule is O=C1C[C@@H](C(=O)Nc2ccc(Cl)cc2)C2=C(C[C@@H](c3ccco3)CC2=O)N1. The maximum atomic E-state index is 12.8. The average molecular weight is 385 g/mol. The Hall–Kier alpha value is -2.86. The molecular weight excluding hydrogens is 368 g/mol. The van der Waals surface area contributed by atoms with Gasteiger partial charge in [-0.2, -0.15) is 0 Å². The Labute approximate surface area is 160 Å². The largest absolute Gasteiger partial charge is 0.469 e. The molecule has 2 amide bonds. The Morgan fingerprint density at radius 3 is 2.59 bits per heavy atom. The first-order valence-corrected chi connectivity index (χ1v) is 9.05. The molecule has 0 saturated heterocycles. The Balaban J connectivity index is 1.60. The lowest BCUT2D eigenvalue weighted by Crippen LogP contribution is -2.43. The number of furan rings is 1. The zero-order chi connectivity index (χ0) is 19.0. The Morgan fingerprint density at radius 2 is 1.89 bits per heavy atom. The standard InChI is InChI=1S/C20H17ClN2O4/c21-12-3-5-13(6-4-12)22-20(26)14-10-18(25)23-15-8-11(9-16(24)19(14)15)17-2-1-7-27-17/h1-7,11,14H,8-10H2,(H,22,26)(H,23,25)/t11-,14-/m1/s1. The number of nitrogens with one attached hydrogen (secondary N) is 2. The van der Waals surface area contributed by atoms with Crippen LogP contribution in [-0.2, 0) is 14.4 Å². The molecule has 2 atom stereocenters. The Morgan fingerprint density at radius 1 is 1.11 bits per heavy atom. The van der Waals surface area contributed by atoms with E-state index in [0.29, 0.717) is 34.2 Å². The molecule has 0 spiro atoms. The summed E-state index contributed by atoms with van der Waals surface area (Å²) in [6, 6.07) is 10.3. The van der Waals surface area contributed by atoms with Crippen molar-refractivity contribution in [2.75, 3.05) is 5.32 Å². The van der Waals surface area contributed by atoms with Crippen molar-refractivity contribution >= 4 is 34.9 Å². The van der Waals surface area contributed by atoms with Crippen LogP contribution in [0.4, 0.5) is 5.69 Å². The van der Waals surface area contributed by atoms with Gasteiger partial charge in [-0.3, -0.25) is 14.4 Å². The number of ketones is 1. The highest BCUT2D eigenvalue weighted by molar-refractivity contribution is 6.30. The molecule has 7 heteroatoms. The molecule has 1 aliphatic heterocycles. The fraction of sp³-hybridized carbons (Fsp3) is 0.250. The van der Waals surface area contributed by atoms with Gasteiger partial charge in [0.05, 0.1) is 12.2 Å². The first-order chi connectivity index (χ1) is 13.0. The topological polar surface area (TPSA) is 88.4 Å². The molecule has 2 aromatic rings. The molecule has 0 saturated carbocycles. The lowest BCUT2D eigenvalue weighted by molar-refractivity contribution is -0.129. The van der Waals surface area contributed by atoms with E-state index in [4.69, 9.17) is 16.0 Å². The summed E-state index contributed by atoms with van der Waals surface area (Å²) in [5.41, 5.74) is 1.50. The highest BCUT2D eigenvalue weighted by Gasteiger charge is 2.41. The van der Waals surface area contributed by atoms with Crippen molar-refractivity contribution < 1.29 is 18.8 Å². The number of rotatable bonds is 3. The number of hydrogen-bond donors (Lipinski definition) is 2. The van der Waals surface area contributed by atoms with Gasteiger partial charge >= 0.3 is 0 Å². The van der Waals surface area contributed by atoms with Gasteiger partial charge in [-0.1, -0.05) is 11.6 Å². The molecule has 1 aromatic heterocycles. The van der Waals surface area contributed by atoms with Gasteiger partial charge in [0, 0.05) is 40.7 Å². The van der Waals surface area contributed by atoms with Crippen LogP contribution in [-0.4, -0.2) is 17.6 Å². The van der Waals surface area contributed by atoms with Crippen LogP contribution in [0.25, 0.3) is 0 Å². The number of allylic oxidation sites excluding steroid dienone is 1. The van der Waals surface area contributed by atoms with Gasteiger partial charge in [0.2, 0.25) is 11.8 Å². The Kier molecular flexibility index (Phi) is 4.58. The number of carbonyl (C=O) groups excluding carboxylic acids is 3. The number of halogens is 1. The molecule has 138 valence electrons. The van der Waals surface area contributed by atoms with Gasteiger partial charge in [-0.05, 0) is 42.8 Å². The third-order valence-electron chi connectivity index (χ3n) is 4.91. The summed E-state index contributed by atoms with van der Waals surface area (Å²) in [6.07, 6.45) is 2.24. The van der Waals surface area contributed by atoms with Crippen molar-refractivity contribution in [2.45, 2.75) is 25.2 Å². The second-order valence-electron chi connectivity index (χ2n) is 6.74. The number of hydrogen-bond acceptors (Lipinski definition) is 4. The van der Waals surface area contributed by atoms with Gasteiger partial charge in [-0.15, -0.1) is 0 Å². The highest BCUT2D eigenvalue weighted by Crippen LogP contribution is 2.39. The minimum absolute atomic E-state index is 0.0462. The molecule has 6 nitrogen and oxygen atoms in total. The van der Waals surface area contributed by atoms with Crippen molar-refractivity contribution in [3.05, 3.63) is 64.7 Å². The molecule has 0 fully saturated rings. The van der Waals surface area contributed by atoms with Crippen LogP contribution in [0.5, 0.6) is 0 Å². The third-order valence-corrected chi connectivity index (χ3v) is 5.16. The molecule has 0 radical (unpaired) electrons. The third kappa shape index (κ3) is 3.53. The van der Waals surface area contributed by atoms with Gasteiger partial charge in [0.15, 0.2) is 5.78 Å². The molecule has 4 rings (SSSR count). The average Bonchev–Trinajstić information content (AvgIpc) is 3.17. The fourth-order valence-corrected chi connectivity index (χ4v) is 3.80. The number of benzene rings is 1. The van der Waals surface area contributed by atoms with Crippen LogP contribution in [0.2, 0.25) is 5.02 Å². The monoisotopic (exact) mass is 384 g/mol. The van der Waals surface area contributed by atoms with Crippen LogP contribution in [0.15, 0.2) is 58.3 Å². The molecule has 2 aliphatic rings. The molecule has 2 N–H and O–H groups in total. The van der Waals surface area contributed by atoms with Gasteiger partial charge in [0.25, 0.3) is 0 Å². The second kappa shape index (κ2) is 7.04. The highest BCUT2D eigenvalue weighted by atomic mass is 35.5. The minimum atomic E-state index is -0.797. The zero-order valence-corrected chi connectivity index (χ0v) is 15.1. The van der Waals surface area contributed by atoms with E-state index < -0.39 is 5.92 Å². The predicted octanol–water partition coefficient (Wildman–Crippen LogP) is 3.41. The van der Waals surface area contributed by atoms with Crippen LogP contribution < -0.4 is 10.6 Å². The van der Waals surface area contributed by atoms with Crippen molar-refractivity contribution in [3.8, 4) is 0 Å². The van der Waals surface area contributed by atoms with Crippen molar-refractivity contribution in [1.29, 1.82) is 0 Å². The van der Waals surface area contributed by atoms with E-state index in [1.165, 1.54) is 0 Å². The summed E-state index contributed by atoms with van der Waals surface area (Å²) in [6.45, 7) is 0. The van der Waals surface area contributed by atoms with Crippen molar-refractivity contribution in [2.24, 2.45) is 5.92 Å². The number of Topliss-reactive ketones (excluding diaryl/α,β-unsaturated/α-hetero) is 1. The molecule has 0 unspecified atom stereocenters. The van der Waals surface area contributed by atoms with E-state index in [2.05, 4.69) is 10.6 Å². The summed E-state index contributed by atoms with van der Waals surface area (Å²) in [5, 5.41) is 6.10. The lowest BCUT2D eigenvalue weighted by Gasteiger charge is -2.32. The molecule has 1 aromatic carbocycles. The lowest BCUT2D eigenvalue weighted by atomic mass is 9.76. The maximum Gasteiger partial charge on any atom is 0.232 e. The summed E-state index contributed by atoms with van der Waals surface area (Å²) in [7, 11) is 0. The number of anilines is 1.